The van der Waals surface area contributed by atoms with E-state index < -0.39 is 0 Å². The molecule has 4 heteroatoms. The molecule has 72 valence electrons. The van der Waals surface area contributed by atoms with Gasteiger partial charge in [0, 0.05) is 17.2 Å². The molecule has 2 heterocycles. The molecule has 13 heavy (non-hydrogen) atoms. The van der Waals surface area contributed by atoms with E-state index in [1.807, 2.05) is 6.07 Å². The number of hydrogen-bond acceptors (Lipinski definition) is 3. The Labute approximate surface area is 77.9 Å². The van der Waals surface area contributed by atoms with E-state index in [0.717, 1.165) is 25.9 Å². The molecule has 1 saturated heterocycles. The van der Waals surface area contributed by atoms with Gasteiger partial charge in [0.2, 0.25) is 0 Å². The first-order chi connectivity index (χ1) is 6.21. The van der Waals surface area contributed by atoms with Gasteiger partial charge in [0.05, 0.1) is 0 Å². The number of hydrogen-bond donors (Lipinski definition) is 3. The van der Waals surface area contributed by atoms with Crippen LogP contribution in [0, 0.1) is 0 Å². The predicted octanol–water partition coefficient (Wildman–Crippen LogP) is 0.633. The van der Waals surface area contributed by atoms with Crippen LogP contribution in [0.2, 0.25) is 0 Å². The molecule has 0 bridgehead atoms. The summed E-state index contributed by atoms with van der Waals surface area (Å²) in [6.07, 6.45) is 2.29. The van der Waals surface area contributed by atoms with Crippen molar-refractivity contribution in [2.24, 2.45) is 0 Å². The molecule has 4 N–H and O–H groups in total. The maximum atomic E-state index is 5.59. The van der Waals surface area contributed by atoms with Crippen LogP contribution in [-0.4, -0.2) is 23.3 Å². The lowest BCUT2D eigenvalue weighted by Gasteiger charge is -2.32. The van der Waals surface area contributed by atoms with Gasteiger partial charge in [-0.05, 0) is 25.9 Å². The van der Waals surface area contributed by atoms with Crippen LogP contribution in [0.4, 0.5) is 5.82 Å². The van der Waals surface area contributed by atoms with Crippen molar-refractivity contribution in [1.29, 1.82) is 0 Å². The van der Waals surface area contributed by atoms with E-state index in [1.165, 1.54) is 5.69 Å². The normalized spacial score (nSPS) is 21.6. The molecule has 1 fully saturated rings. The molecular weight excluding hydrogens is 164 g/mol. The SMILES string of the molecule is CC1(c2cc(N)n[nH]2)CCNCC1. The van der Waals surface area contributed by atoms with Gasteiger partial charge < -0.3 is 11.1 Å². The number of piperidine rings is 1. The summed E-state index contributed by atoms with van der Waals surface area (Å²) in [5, 5.41) is 10.3. The average molecular weight is 180 g/mol. The Bertz CT molecular complexity index is 286. The third-order valence-electron chi connectivity index (χ3n) is 2.96. The maximum Gasteiger partial charge on any atom is 0.145 e. The van der Waals surface area contributed by atoms with Crippen molar-refractivity contribution in [2.75, 3.05) is 18.8 Å². The fraction of sp³-hybridized carbons (Fsp3) is 0.667. The van der Waals surface area contributed by atoms with Crippen LogP contribution in [-0.2, 0) is 5.41 Å². The van der Waals surface area contributed by atoms with Crippen LogP contribution >= 0.6 is 0 Å². The van der Waals surface area contributed by atoms with Gasteiger partial charge in [0.1, 0.15) is 5.82 Å². The van der Waals surface area contributed by atoms with Crippen molar-refractivity contribution in [3.63, 3.8) is 0 Å². The van der Waals surface area contributed by atoms with E-state index in [0.29, 0.717) is 5.82 Å². The minimum absolute atomic E-state index is 0.232. The van der Waals surface area contributed by atoms with Gasteiger partial charge in [0.25, 0.3) is 0 Å². The quantitative estimate of drug-likeness (QED) is 0.594. The summed E-state index contributed by atoms with van der Waals surface area (Å²) < 4.78 is 0. The first kappa shape index (κ1) is 8.56. The van der Waals surface area contributed by atoms with Gasteiger partial charge in [-0.15, -0.1) is 0 Å². The van der Waals surface area contributed by atoms with E-state index in [9.17, 15) is 0 Å². The summed E-state index contributed by atoms with van der Waals surface area (Å²) in [5.74, 6) is 0.592. The van der Waals surface area contributed by atoms with Gasteiger partial charge >= 0.3 is 0 Å². The number of nitrogens with zero attached hydrogens (tertiary/aromatic N) is 1. The lowest BCUT2D eigenvalue weighted by molar-refractivity contribution is 0.327. The smallest absolute Gasteiger partial charge is 0.145 e. The minimum Gasteiger partial charge on any atom is -0.382 e. The fourth-order valence-electron chi connectivity index (χ4n) is 1.89. The number of H-pyrrole nitrogens is 1. The Kier molecular flexibility index (Phi) is 2.00. The number of aromatic nitrogens is 2. The highest BCUT2D eigenvalue weighted by molar-refractivity contribution is 5.32. The Morgan fingerprint density at radius 1 is 1.46 bits per heavy atom. The second kappa shape index (κ2) is 3.03. The van der Waals surface area contributed by atoms with Gasteiger partial charge in [-0.3, -0.25) is 5.10 Å². The van der Waals surface area contributed by atoms with E-state index >= 15 is 0 Å². The van der Waals surface area contributed by atoms with E-state index in [-0.39, 0.29) is 5.41 Å². The van der Waals surface area contributed by atoms with Crippen LogP contribution in [0.1, 0.15) is 25.5 Å². The van der Waals surface area contributed by atoms with Crippen molar-refractivity contribution >= 4 is 5.82 Å². The molecule has 0 atom stereocenters. The van der Waals surface area contributed by atoms with Crippen molar-refractivity contribution in [3.8, 4) is 0 Å². The highest BCUT2D eigenvalue weighted by Gasteiger charge is 2.30. The van der Waals surface area contributed by atoms with Crippen LogP contribution in [0.5, 0.6) is 0 Å². The van der Waals surface area contributed by atoms with E-state index in [2.05, 4.69) is 22.4 Å². The Morgan fingerprint density at radius 3 is 2.69 bits per heavy atom. The molecule has 0 aliphatic carbocycles. The molecular formula is C9H16N4. The molecule has 1 aromatic rings. The summed E-state index contributed by atoms with van der Waals surface area (Å²) >= 11 is 0. The summed E-state index contributed by atoms with van der Waals surface area (Å²) in [4.78, 5) is 0. The molecule has 4 nitrogen and oxygen atoms in total. The van der Waals surface area contributed by atoms with Gasteiger partial charge in [-0.1, -0.05) is 6.92 Å². The van der Waals surface area contributed by atoms with Crippen LogP contribution in [0.3, 0.4) is 0 Å². The Morgan fingerprint density at radius 2 is 2.15 bits per heavy atom. The van der Waals surface area contributed by atoms with Gasteiger partial charge in [-0.2, -0.15) is 5.10 Å². The van der Waals surface area contributed by atoms with Gasteiger partial charge in [0.15, 0.2) is 0 Å². The molecule has 1 aliphatic rings. The topological polar surface area (TPSA) is 66.7 Å². The third kappa shape index (κ3) is 1.54. The predicted molar refractivity (Wildman–Crippen MR) is 52.5 cm³/mol. The first-order valence-corrected chi connectivity index (χ1v) is 4.73. The molecule has 1 aliphatic heterocycles. The fourth-order valence-corrected chi connectivity index (χ4v) is 1.89. The molecule has 0 aromatic carbocycles. The molecule has 0 unspecified atom stereocenters. The number of nitrogens with two attached hydrogens (primary N) is 1. The van der Waals surface area contributed by atoms with Crippen molar-refractivity contribution in [1.82, 2.24) is 15.5 Å². The number of nitrogens with one attached hydrogen (secondary N) is 2. The number of rotatable bonds is 1. The van der Waals surface area contributed by atoms with Crippen LogP contribution < -0.4 is 11.1 Å². The van der Waals surface area contributed by atoms with Crippen molar-refractivity contribution in [2.45, 2.75) is 25.2 Å². The molecule has 0 saturated carbocycles. The Balaban J connectivity index is 2.22. The zero-order valence-electron chi connectivity index (χ0n) is 7.93. The highest BCUT2D eigenvalue weighted by Crippen LogP contribution is 2.31. The summed E-state index contributed by atoms with van der Waals surface area (Å²) in [6.45, 7) is 4.42. The molecule has 0 spiro atoms. The van der Waals surface area contributed by atoms with E-state index in [4.69, 9.17) is 5.73 Å². The summed E-state index contributed by atoms with van der Waals surface area (Å²) in [7, 11) is 0. The molecule has 1 aromatic heterocycles. The maximum absolute atomic E-state index is 5.59. The summed E-state index contributed by atoms with van der Waals surface area (Å²) in [5.41, 5.74) is 6.99. The lowest BCUT2D eigenvalue weighted by atomic mass is 9.78. The zero-order valence-corrected chi connectivity index (χ0v) is 7.93. The van der Waals surface area contributed by atoms with Crippen molar-refractivity contribution in [3.05, 3.63) is 11.8 Å². The average Bonchev–Trinajstić information content (AvgIpc) is 2.54. The van der Waals surface area contributed by atoms with Crippen LogP contribution in [0.25, 0.3) is 0 Å². The molecule has 2 rings (SSSR count). The second-order valence-electron chi connectivity index (χ2n) is 4.02. The number of anilines is 1. The zero-order chi connectivity index (χ0) is 9.31. The lowest BCUT2D eigenvalue weighted by Crippen LogP contribution is -2.37. The largest absolute Gasteiger partial charge is 0.382 e. The van der Waals surface area contributed by atoms with Crippen molar-refractivity contribution < 1.29 is 0 Å². The number of aromatic amines is 1. The minimum atomic E-state index is 0.232. The Hall–Kier alpha value is -1.03. The van der Waals surface area contributed by atoms with Crippen LogP contribution in [0.15, 0.2) is 6.07 Å². The van der Waals surface area contributed by atoms with Gasteiger partial charge in [-0.25, -0.2) is 0 Å². The second-order valence-corrected chi connectivity index (χ2v) is 4.02. The number of nitrogen functional groups attached to an aromatic ring is 1. The monoisotopic (exact) mass is 180 g/mol. The third-order valence-corrected chi connectivity index (χ3v) is 2.96. The summed E-state index contributed by atoms with van der Waals surface area (Å²) in [6, 6.07) is 1.95. The molecule has 0 radical (unpaired) electrons. The first-order valence-electron chi connectivity index (χ1n) is 4.73. The molecule has 0 amide bonds. The standard InChI is InChI=1S/C9H16N4/c1-9(2-4-11-5-3-9)7-6-8(10)13-12-7/h6,11H,2-5H2,1H3,(H3,10,12,13). The highest BCUT2D eigenvalue weighted by atomic mass is 15.2. The van der Waals surface area contributed by atoms with E-state index in [1.54, 1.807) is 0 Å².